The lowest BCUT2D eigenvalue weighted by molar-refractivity contribution is -0.149. The van der Waals surface area contributed by atoms with Crippen LogP contribution in [0.15, 0.2) is 88.8 Å². The zero-order valence-corrected chi connectivity index (χ0v) is 18.3. The number of para-hydroxylation sites is 1. The Kier molecular flexibility index (Phi) is 6.59. The first-order valence-corrected chi connectivity index (χ1v) is 10.5. The van der Waals surface area contributed by atoms with Crippen molar-refractivity contribution in [1.29, 1.82) is 0 Å². The number of hydrogen-bond donors (Lipinski definition) is 0. The van der Waals surface area contributed by atoms with E-state index in [-0.39, 0.29) is 18.3 Å². The van der Waals surface area contributed by atoms with Gasteiger partial charge in [0.15, 0.2) is 12.4 Å². The van der Waals surface area contributed by atoms with Crippen molar-refractivity contribution >= 4 is 23.1 Å². The summed E-state index contributed by atoms with van der Waals surface area (Å²) in [7, 11) is 0. The highest BCUT2D eigenvalue weighted by Crippen LogP contribution is 2.19. The first-order chi connectivity index (χ1) is 16.0. The molecule has 1 heterocycles. The Bertz CT molecular complexity index is 1360. The van der Waals surface area contributed by atoms with Crippen LogP contribution in [0.25, 0.3) is 22.3 Å². The molecule has 3 aromatic carbocycles. The van der Waals surface area contributed by atoms with Gasteiger partial charge in [-0.15, -0.1) is 0 Å². The number of hydrogen-bond acceptors (Lipinski definition) is 6. The van der Waals surface area contributed by atoms with E-state index in [0.717, 1.165) is 5.56 Å². The lowest BCUT2D eigenvalue weighted by Gasteiger charge is -2.10. The second kappa shape index (κ2) is 9.91. The van der Waals surface area contributed by atoms with E-state index in [2.05, 4.69) is 10.1 Å². The molecular formula is C26H23N3O4. The average Bonchev–Trinajstić information content (AvgIpc) is 2.82. The van der Waals surface area contributed by atoms with E-state index in [1.54, 1.807) is 50.4 Å². The third-order valence-corrected chi connectivity index (χ3v) is 4.69. The molecule has 0 radical (unpaired) electrons. The van der Waals surface area contributed by atoms with Crippen molar-refractivity contribution in [2.24, 2.45) is 5.10 Å². The molecule has 0 aliphatic heterocycles. The molecule has 0 amide bonds. The number of nitrogens with zero attached hydrogens (tertiary/aromatic N) is 3. The number of esters is 1. The maximum atomic E-state index is 13.2. The number of carbonyl (C=O) groups is 1. The van der Waals surface area contributed by atoms with Crippen LogP contribution in [0.5, 0.6) is 5.75 Å². The Morgan fingerprint density at radius 3 is 2.58 bits per heavy atom. The van der Waals surface area contributed by atoms with Crippen molar-refractivity contribution in [3.63, 3.8) is 0 Å². The van der Waals surface area contributed by atoms with E-state index < -0.39 is 5.97 Å². The fourth-order valence-electron chi connectivity index (χ4n) is 3.25. The van der Waals surface area contributed by atoms with E-state index in [1.165, 1.54) is 4.68 Å². The Hall–Kier alpha value is -4.26. The van der Waals surface area contributed by atoms with Crippen LogP contribution >= 0.6 is 0 Å². The molecule has 0 fully saturated rings. The Morgan fingerprint density at radius 1 is 1.03 bits per heavy atom. The summed E-state index contributed by atoms with van der Waals surface area (Å²) in [5, 5.41) is 4.93. The topological polar surface area (TPSA) is 82.8 Å². The van der Waals surface area contributed by atoms with Crippen molar-refractivity contribution in [1.82, 2.24) is 9.66 Å². The standard InChI is InChI=1S/C26H23N3O4/c1-18(2)33-24(30)17-32-21-12-8-9-19(15-21)16-27-29-25(20-10-4-3-5-11-20)28-23-14-7-6-13-22(23)26(29)31/h3-16,18H,17H2,1-2H3. The van der Waals surface area contributed by atoms with E-state index in [4.69, 9.17) is 9.47 Å². The second-order valence-electron chi connectivity index (χ2n) is 7.58. The molecular weight excluding hydrogens is 418 g/mol. The van der Waals surface area contributed by atoms with E-state index >= 15 is 0 Å². The maximum absolute atomic E-state index is 13.2. The minimum absolute atomic E-state index is 0.189. The van der Waals surface area contributed by atoms with Gasteiger partial charge < -0.3 is 9.47 Å². The zero-order chi connectivity index (χ0) is 23.2. The van der Waals surface area contributed by atoms with Gasteiger partial charge in [0.05, 0.1) is 23.2 Å². The lowest BCUT2D eigenvalue weighted by Crippen LogP contribution is -2.20. The van der Waals surface area contributed by atoms with Crippen LogP contribution in [0.4, 0.5) is 0 Å². The van der Waals surface area contributed by atoms with Gasteiger partial charge in [0.1, 0.15) is 5.75 Å². The minimum atomic E-state index is -0.439. The van der Waals surface area contributed by atoms with Gasteiger partial charge in [0.2, 0.25) is 0 Å². The molecule has 0 saturated heterocycles. The van der Waals surface area contributed by atoms with Gasteiger partial charge in [0, 0.05) is 5.56 Å². The molecule has 4 aromatic rings. The van der Waals surface area contributed by atoms with Gasteiger partial charge in [-0.3, -0.25) is 4.79 Å². The highest BCUT2D eigenvalue weighted by molar-refractivity contribution is 5.82. The van der Waals surface area contributed by atoms with Crippen LogP contribution in [-0.4, -0.2) is 34.6 Å². The van der Waals surface area contributed by atoms with Crippen LogP contribution in [0, 0.1) is 0 Å². The second-order valence-corrected chi connectivity index (χ2v) is 7.58. The molecule has 4 rings (SSSR count). The molecule has 7 nitrogen and oxygen atoms in total. The maximum Gasteiger partial charge on any atom is 0.344 e. The smallest absolute Gasteiger partial charge is 0.344 e. The van der Waals surface area contributed by atoms with Gasteiger partial charge in [0.25, 0.3) is 5.56 Å². The molecule has 0 N–H and O–H groups in total. The van der Waals surface area contributed by atoms with Gasteiger partial charge in [-0.1, -0.05) is 54.6 Å². The number of fused-ring (bicyclic) bond motifs is 1. The monoisotopic (exact) mass is 441 g/mol. The van der Waals surface area contributed by atoms with Gasteiger partial charge in [-0.25, -0.2) is 9.78 Å². The molecule has 0 aliphatic rings. The van der Waals surface area contributed by atoms with Crippen LogP contribution < -0.4 is 10.3 Å². The summed E-state index contributed by atoms with van der Waals surface area (Å²) >= 11 is 0. The summed E-state index contributed by atoms with van der Waals surface area (Å²) in [6.45, 7) is 3.37. The molecule has 0 spiro atoms. The van der Waals surface area contributed by atoms with Crippen LogP contribution in [-0.2, 0) is 9.53 Å². The highest BCUT2D eigenvalue weighted by atomic mass is 16.6. The van der Waals surface area contributed by atoms with Crippen LogP contribution in [0.1, 0.15) is 19.4 Å². The largest absolute Gasteiger partial charge is 0.482 e. The Balaban J connectivity index is 1.66. The third kappa shape index (κ3) is 5.33. The third-order valence-electron chi connectivity index (χ3n) is 4.69. The quantitative estimate of drug-likeness (QED) is 0.316. The summed E-state index contributed by atoms with van der Waals surface area (Å²) in [5.74, 6) is 0.497. The Morgan fingerprint density at radius 2 is 1.79 bits per heavy atom. The van der Waals surface area contributed by atoms with Crippen molar-refractivity contribution < 1.29 is 14.3 Å². The molecule has 0 unspecified atom stereocenters. The zero-order valence-electron chi connectivity index (χ0n) is 18.3. The molecule has 33 heavy (non-hydrogen) atoms. The fourth-order valence-corrected chi connectivity index (χ4v) is 3.25. The number of carbonyl (C=O) groups excluding carboxylic acids is 1. The Labute approximate surface area is 190 Å². The van der Waals surface area contributed by atoms with Crippen molar-refractivity contribution in [3.8, 4) is 17.1 Å². The summed E-state index contributed by atoms with van der Waals surface area (Å²) in [5.41, 5.74) is 1.82. The van der Waals surface area contributed by atoms with E-state index in [9.17, 15) is 9.59 Å². The first kappa shape index (κ1) is 22.0. The van der Waals surface area contributed by atoms with Crippen LogP contribution in [0.3, 0.4) is 0 Å². The molecule has 0 saturated carbocycles. The predicted molar refractivity (Wildman–Crippen MR) is 128 cm³/mol. The van der Waals surface area contributed by atoms with Crippen molar-refractivity contribution in [2.75, 3.05) is 6.61 Å². The van der Waals surface area contributed by atoms with E-state index in [1.807, 2.05) is 48.5 Å². The normalized spacial score (nSPS) is 11.2. The number of ether oxygens (including phenoxy) is 2. The highest BCUT2D eigenvalue weighted by Gasteiger charge is 2.12. The molecule has 1 aromatic heterocycles. The minimum Gasteiger partial charge on any atom is -0.482 e. The molecule has 0 atom stereocenters. The summed E-state index contributed by atoms with van der Waals surface area (Å²) < 4.78 is 11.9. The van der Waals surface area contributed by atoms with Crippen molar-refractivity contribution in [2.45, 2.75) is 20.0 Å². The summed E-state index contributed by atoms with van der Waals surface area (Å²) in [6.07, 6.45) is 1.36. The SMILES string of the molecule is CC(C)OC(=O)COc1cccc(C=Nn2c(-c3ccccc3)nc3ccccc3c2=O)c1. The van der Waals surface area contributed by atoms with Gasteiger partial charge in [-0.2, -0.15) is 9.78 Å². The summed E-state index contributed by atoms with van der Waals surface area (Å²) in [4.78, 5) is 29.6. The first-order valence-electron chi connectivity index (χ1n) is 10.5. The van der Waals surface area contributed by atoms with Gasteiger partial charge >= 0.3 is 5.97 Å². The van der Waals surface area contributed by atoms with Crippen LogP contribution in [0.2, 0.25) is 0 Å². The molecule has 7 heteroatoms. The average molecular weight is 441 g/mol. The molecule has 0 bridgehead atoms. The molecule has 166 valence electrons. The van der Waals surface area contributed by atoms with E-state index in [0.29, 0.717) is 28.0 Å². The lowest BCUT2D eigenvalue weighted by atomic mass is 10.2. The number of rotatable bonds is 7. The fraction of sp³-hybridized carbons (Fsp3) is 0.154. The number of benzene rings is 3. The van der Waals surface area contributed by atoms with Gasteiger partial charge in [-0.05, 0) is 43.7 Å². The number of aromatic nitrogens is 2. The van der Waals surface area contributed by atoms with Crippen molar-refractivity contribution in [3.05, 3.63) is 94.8 Å². The predicted octanol–water partition coefficient (Wildman–Crippen LogP) is 4.28. The summed E-state index contributed by atoms with van der Waals surface area (Å²) in [6, 6.07) is 23.7. The molecule has 0 aliphatic carbocycles.